The fraction of sp³-hybridized carbons (Fsp3) is 0.133. The molecule has 0 aliphatic rings. The first-order valence-corrected chi connectivity index (χ1v) is 12.4. The Morgan fingerprint density at radius 1 is 0.872 bits per heavy atom. The van der Waals surface area contributed by atoms with E-state index in [2.05, 4.69) is 36.4 Å². The third-order valence-corrected chi connectivity index (χ3v) is 6.31. The van der Waals surface area contributed by atoms with Crippen LogP contribution >= 0.6 is 0 Å². The number of amides is 2. The van der Waals surface area contributed by atoms with Gasteiger partial charge in [0.05, 0.1) is 5.69 Å². The van der Waals surface area contributed by atoms with Gasteiger partial charge >= 0.3 is 0 Å². The molecule has 2 aromatic heterocycles. The number of carbonyl (C=O) groups excluding carboxylic acids is 2. The molecule has 0 saturated heterocycles. The Balaban J connectivity index is 1.39. The summed E-state index contributed by atoms with van der Waals surface area (Å²) in [7, 11) is 0. The zero-order chi connectivity index (χ0) is 27.6. The first-order valence-electron chi connectivity index (χ1n) is 12.4. The number of hydrogen-bond donors (Lipinski definition) is 4. The molecule has 5 aromatic rings. The van der Waals surface area contributed by atoms with Gasteiger partial charge in [0, 0.05) is 46.7 Å². The molecule has 39 heavy (non-hydrogen) atoms. The highest BCUT2D eigenvalue weighted by atomic mass is 16.5. The minimum atomic E-state index is -0.591. The van der Waals surface area contributed by atoms with Crippen molar-refractivity contribution < 1.29 is 14.8 Å². The molecule has 0 saturated carbocycles. The maximum Gasteiger partial charge on any atom is 0.274 e. The molecule has 2 heterocycles. The lowest BCUT2D eigenvalue weighted by atomic mass is 9.87. The number of carbonyl (C=O) groups is 2. The van der Waals surface area contributed by atoms with Gasteiger partial charge in [-0.1, -0.05) is 45.0 Å². The summed E-state index contributed by atoms with van der Waals surface area (Å²) in [5, 5.41) is 15.1. The zero-order valence-electron chi connectivity index (χ0n) is 21.8. The van der Waals surface area contributed by atoms with E-state index < -0.39 is 5.91 Å². The van der Waals surface area contributed by atoms with Crippen LogP contribution in [0.15, 0.2) is 91.4 Å². The van der Waals surface area contributed by atoms with E-state index in [1.807, 2.05) is 65.3 Å². The van der Waals surface area contributed by atoms with Gasteiger partial charge in [-0.2, -0.15) is 0 Å². The van der Waals surface area contributed by atoms with Crippen molar-refractivity contribution in [1.29, 1.82) is 0 Å². The zero-order valence-corrected chi connectivity index (χ0v) is 21.8. The Hall–Kier alpha value is -5.02. The van der Waals surface area contributed by atoms with Crippen LogP contribution in [0.1, 0.15) is 47.1 Å². The number of nitrogens with zero attached hydrogens (tertiary/aromatic N) is 3. The van der Waals surface area contributed by atoms with Gasteiger partial charge < -0.3 is 15.0 Å². The summed E-state index contributed by atoms with van der Waals surface area (Å²) in [4.78, 5) is 33.7. The lowest BCUT2D eigenvalue weighted by Crippen LogP contribution is -2.18. The van der Waals surface area contributed by atoms with Crippen molar-refractivity contribution in [1.82, 2.24) is 19.8 Å². The summed E-state index contributed by atoms with van der Waals surface area (Å²) < 4.78 is 1.86. The molecular weight excluding hydrogens is 492 g/mol. The molecule has 0 radical (unpaired) electrons. The summed E-state index contributed by atoms with van der Waals surface area (Å²) in [5.41, 5.74) is 7.15. The van der Waals surface area contributed by atoms with Crippen LogP contribution < -0.4 is 16.1 Å². The largest absolute Gasteiger partial charge is 0.337 e. The van der Waals surface area contributed by atoms with Crippen molar-refractivity contribution in [3.05, 3.63) is 108 Å². The van der Waals surface area contributed by atoms with Crippen molar-refractivity contribution >= 4 is 34.7 Å². The molecule has 9 heteroatoms. The van der Waals surface area contributed by atoms with Gasteiger partial charge in [0.2, 0.25) is 0 Å². The van der Waals surface area contributed by atoms with Crippen LogP contribution in [0.2, 0.25) is 0 Å². The third kappa shape index (κ3) is 5.63. The van der Waals surface area contributed by atoms with Gasteiger partial charge in [-0.15, -0.1) is 0 Å². The first-order chi connectivity index (χ1) is 18.7. The number of anilines is 3. The summed E-state index contributed by atoms with van der Waals surface area (Å²) >= 11 is 0. The minimum Gasteiger partial charge on any atom is -0.337 e. The van der Waals surface area contributed by atoms with Gasteiger partial charge in [-0.3, -0.25) is 14.8 Å². The van der Waals surface area contributed by atoms with Crippen LogP contribution in [0.5, 0.6) is 0 Å². The molecule has 0 aliphatic carbocycles. The van der Waals surface area contributed by atoms with Crippen LogP contribution in [0.25, 0.3) is 16.9 Å². The Morgan fingerprint density at radius 2 is 1.56 bits per heavy atom. The van der Waals surface area contributed by atoms with Crippen LogP contribution in [-0.4, -0.2) is 31.4 Å². The van der Waals surface area contributed by atoms with Gasteiger partial charge in [-0.25, -0.2) is 15.4 Å². The molecule has 0 fully saturated rings. The lowest BCUT2D eigenvalue weighted by Gasteiger charge is -2.19. The third-order valence-electron chi connectivity index (χ3n) is 6.31. The van der Waals surface area contributed by atoms with E-state index in [1.54, 1.807) is 35.9 Å². The van der Waals surface area contributed by atoms with Crippen molar-refractivity contribution in [3.8, 4) is 11.3 Å². The predicted octanol–water partition coefficient (Wildman–Crippen LogP) is 5.81. The molecule has 0 atom stereocenters. The van der Waals surface area contributed by atoms with E-state index in [9.17, 15) is 9.59 Å². The van der Waals surface area contributed by atoms with Crippen LogP contribution in [0.4, 0.5) is 17.2 Å². The standard InChI is InChI=1S/C30H28N6O3/c1-30(2,3)22-11-7-19(8-12-22)28(37)33-24-6-4-5-21(17-24)25-18-36-16-15-31-27(36)26(34-25)32-23-13-9-20(10-14-23)29(38)35-39/h4-18,39H,1-3H3,(H,32,34)(H,33,37)(H,35,38). The average Bonchev–Trinajstić information content (AvgIpc) is 3.42. The van der Waals surface area contributed by atoms with Gasteiger partial charge in [-0.05, 0) is 59.5 Å². The summed E-state index contributed by atoms with van der Waals surface area (Å²) in [5.74, 6) is -0.261. The minimum absolute atomic E-state index is 0.0142. The maximum absolute atomic E-state index is 12.9. The van der Waals surface area contributed by atoms with Crippen molar-refractivity contribution in [2.24, 2.45) is 0 Å². The molecule has 9 nitrogen and oxygen atoms in total. The molecule has 2 amide bonds. The lowest BCUT2D eigenvalue weighted by molar-refractivity contribution is 0.0706. The van der Waals surface area contributed by atoms with Gasteiger partial charge in [0.1, 0.15) is 0 Å². The second kappa shape index (κ2) is 10.4. The molecular formula is C30H28N6O3. The van der Waals surface area contributed by atoms with Crippen LogP contribution in [0.3, 0.4) is 0 Å². The fourth-order valence-electron chi connectivity index (χ4n) is 4.14. The van der Waals surface area contributed by atoms with Gasteiger partial charge in [0.25, 0.3) is 11.8 Å². The highest BCUT2D eigenvalue weighted by molar-refractivity contribution is 6.04. The summed E-state index contributed by atoms with van der Waals surface area (Å²) in [6.07, 6.45) is 5.38. The number of nitrogens with one attached hydrogen (secondary N) is 3. The van der Waals surface area contributed by atoms with Gasteiger partial charge in [0.15, 0.2) is 11.5 Å². The molecule has 4 N–H and O–H groups in total. The fourth-order valence-corrected chi connectivity index (χ4v) is 4.14. The number of aromatic nitrogens is 3. The second-order valence-corrected chi connectivity index (χ2v) is 10.1. The van der Waals surface area contributed by atoms with Crippen LogP contribution in [0, 0.1) is 0 Å². The average molecular weight is 521 g/mol. The summed E-state index contributed by atoms with van der Waals surface area (Å²) in [6, 6.07) is 21.7. The van der Waals surface area contributed by atoms with E-state index in [0.29, 0.717) is 39.7 Å². The van der Waals surface area contributed by atoms with Crippen molar-refractivity contribution in [2.45, 2.75) is 26.2 Å². The number of imidazole rings is 1. The molecule has 0 spiro atoms. The Bertz CT molecular complexity index is 1650. The number of benzene rings is 3. The van der Waals surface area contributed by atoms with E-state index in [0.717, 1.165) is 11.1 Å². The molecule has 0 aliphatic heterocycles. The van der Waals surface area contributed by atoms with E-state index in [4.69, 9.17) is 10.2 Å². The van der Waals surface area contributed by atoms with E-state index in [1.165, 1.54) is 0 Å². The topological polar surface area (TPSA) is 121 Å². The van der Waals surface area contributed by atoms with Crippen LogP contribution in [-0.2, 0) is 5.41 Å². The normalized spacial score (nSPS) is 11.3. The van der Waals surface area contributed by atoms with E-state index >= 15 is 0 Å². The highest BCUT2D eigenvalue weighted by Gasteiger charge is 2.15. The number of fused-ring (bicyclic) bond motifs is 1. The SMILES string of the molecule is CC(C)(C)c1ccc(C(=O)Nc2cccc(-c3cn4ccnc4c(Nc4ccc(C(=O)NO)cc4)n3)c2)cc1. The molecule has 0 unspecified atom stereocenters. The Labute approximate surface area is 225 Å². The van der Waals surface area contributed by atoms with E-state index in [-0.39, 0.29) is 11.3 Å². The number of hydroxylamine groups is 1. The quantitative estimate of drug-likeness (QED) is 0.166. The predicted molar refractivity (Wildman–Crippen MR) is 150 cm³/mol. The monoisotopic (exact) mass is 520 g/mol. The Kier molecular flexibility index (Phi) is 6.83. The number of rotatable bonds is 6. The second-order valence-electron chi connectivity index (χ2n) is 10.1. The molecule has 0 bridgehead atoms. The van der Waals surface area contributed by atoms with Crippen molar-refractivity contribution in [2.75, 3.05) is 10.6 Å². The summed E-state index contributed by atoms with van der Waals surface area (Å²) in [6.45, 7) is 6.41. The van der Waals surface area contributed by atoms with Crippen molar-refractivity contribution in [3.63, 3.8) is 0 Å². The molecule has 196 valence electrons. The first kappa shape index (κ1) is 25.6. The maximum atomic E-state index is 12.9. The smallest absolute Gasteiger partial charge is 0.274 e. The molecule has 3 aromatic carbocycles. The Morgan fingerprint density at radius 3 is 2.26 bits per heavy atom. The highest BCUT2D eigenvalue weighted by Crippen LogP contribution is 2.27. The number of hydrogen-bond acceptors (Lipinski definition) is 6. The molecule has 5 rings (SSSR count).